The van der Waals surface area contributed by atoms with Gasteiger partial charge >= 0.3 is 0 Å². The molecule has 3 aromatic carbocycles. The first-order valence-electron chi connectivity index (χ1n) is 10.8. The summed E-state index contributed by atoms with van der Waals surface area (Å²) in [7, 11) is 0. The maximum Gasteiger partial charge on any atom is 0.254 e. The molecule has 6 heteroatoms. The van der Waals surface area contributed by atoms with Gasteiger partial charge in [0.05, 0.1) is 6.04 Å². The fourth-order valence-electron chi connectivity index (χ4n) is 4.61. The van der Waals surface area contributed by atoms with Crippen LogP contribution in [-0.4, -0.2) is 35.5 Å². The number of nitrogens with zero attached hydrogens (tertiary/aromatic N) is 2. The van der Waals surface area contributed by atoms with E-state index in [1.54, 1.807) is 18.2 Å². The lowest BCUT2D eigenvalue weighted by atomic mass is 9.97. The molecule has 1 unspecified atom stereocenters. The molecule has 3 aromatic rings. The van der Waals surface area contributed by atoms with Crippen LogP contribution in [0.4, 0.5) is 5.69 Å². The summed E-state index contributed by atoms with van der Waals surface area (Å²) in [5.74, 6) is 0.147. The van der Waals surface area contributed by atoms with Crippen molar-refractivity contribution < 1.29 is 9.90 Å². The van der Waals surface area contributed by atoms with Crippen molar-refractivity contribution in [2.24, 2.45) is 0 Å². The van der Waals surface area contributed by atoms with Crippen molar-refractivity contribution in [3.8, 4) is 5.75 Å². The summed E-state index contributed by atoms with van der Waals surface area (Å²) in [4.78, 5) is 17.8. The van der Waals surface area contributed by atoms with Gasteiger partial charge in [-0.1, -0.05) is 48.0 Å². The van der Waals surface area contributed by atoms with E-state index < -0.39 is 0 Å². The molecule has 1 heterocycles. The number of piperazine rings is 1. The highest BCUT2D eigenvalue weighted by Gasteiger charge is 2.33. The molecule has 33 heavy (non-hydrogen) atoms. The molecular weight excluding hydrogens is 455 g/mol. The molecule has 1 N–H and O–H groups in total. The predicted molar refractivity (Wildman–Crippen MR) is 137 cm³/mol. The predicted octanol–water partition coefficient (Wildman–Crippen LogP) is 6.66. The Bertz CT molecular complexity index is 1180. The normalized spacial score (nSPS) is 16.1. The highest BCUT2D eigenvalue weighted by Crippen LogP contribution is 2.36. The van der Waals surface area contributed by atoms with Crippen molar-refractivity contribution in [2.75, 3.05) is 24.5 Å². The number of hydrogen-bond donors (Lipinski definition) is 1. The summed E-state index contributed by atoms with van der Waals surface area (Å²) in [6.07, 6.45) is 1.81. The molecule has 4 rings (SSSR count). The number of anilines is 1. The standard InChI is InChI=1S/C27H26Cl2N2O2/c1-4-19-15-22(29)9-10-24(19)31-12-11-30(16-25(31)20-5-7-21(28)8-6-20)27(33)26-17(2)13-23(32)14-18(26)3/h4-10,13-15,25,32H,1,11-12,16H2,2-3H3. The molecule has 0 aromatic heterocycles. The lowest BCUT2D eigenvalue weighted by Crippen LogP contribution is -2.51. The molecule has 0 aliphatic carbocycles. The van der Waals surface area contributed by atoms with Gasteiger partial charge < -0.3 is 14.9 Å². The number of phenolic OH excluding ortho intramolecular Hbond substituents is 1. The molecule has 1 amide bonds. The van der Waals surface area contributed by atoms with E-state index in [1.165, 1.54) is 0 Å². The van der Waals surface area contributed by atoms with Crippen LogP contribution in [0.2, 0.25) is 10.0 Å². The molecular formula is C27H26Cl2N2O2. The second-order valence-electron chi connectivity index (χ2n) is 8.37. The van der Waals surface area contributed by atoms with E-state index in [0.717, 1.165) is 27.9 Å². The van der Waals surface area contributed by atoms with Crippen LogP contribution in [0.5, 0.6) is 5.75 Å². The summed E-state index contributed by atoms with van der Waals surface area (Å²) in [5.41, 5.74) is 5.24. The molecule has 1 saturated heterocycles. The Morgan fingerprint density at radius 2 is 1.64 bits per heavy atom. The van der Waals surface area contributed by atoms with Gasteiger partial charge in [-0.15, -0.1) is 0 Å². The molecule has 170 valence electrons. The van der Waals surface area contributed by atoms with Crippen LogP contribution in [0.3, 0.4) is 0 Å². The first-order valence-corrected chi connectivity index (χ1v) is 11.6. The van der Waals surface area contributed by atoms with E-state index in [0.29, 0.717) is 35.2 Å². The molecule has 1 fully saturated rings. The minimum absolute atomic E-state index is 0.0244. The Kier molecular flexibility index (Phi) is 6.68. The van der Waals surface area contributed by atoms with Crippen molar-refractivity contribution in [3.05, 3.63) is 99.0 Å². The summed E-state index contributed by atoms with van der Waals surface area (Å²) in [6.45, 7) is 9.41. The topological polar surface area (TPSA) is 43.8 Å². The maximum atomic E-state index is 13.6. The van der Waals surface area contributed by atoms with Gasteiger partial charge in [0.1, 0.15) is 5.75 Å². The summed E-state index contributed by atoms with van der Waals surface area (Å²) >= 11 is 12.4. The number of halogens is 2. The first kappa shape index (κ1) is 23.2. The number of benzene rings is 3. The number of amides is 1. The van der Waals surface area contributed by atoms with Crippen molar-refractivity contribution in [2.45, 2.75) is 19.9 Å². The lowest BCUT2D eigenvalue weighted by Gasteiger charge is -2.44. The molecule has 0 saturated carbocycles. The molecule has 1 aliphatic rings. The Balaban J connectivity index is 1.72. The lowest BCUT2D eigenvalue weighted by molar-refractivity contribution is 0.0720. The minimum Gasteiger partial charge on any atom is -0.508 e. The number of aromatic hydroxyl groups is 1. The molecule has 0 bridgehead atoms. The third kappa shape index (κ3) is 4.73. The average molecular weight is 481 g/mol. The maximum absolute atomic E-state index is 13.6. The Hall–Kier alpha value is -2.95. The van der Waals surface area contributed by atoms with Gasteiger partial charge in [0.2, 0.25) is 0 Å². The number of aryl methyl sites for hydroxylation is 2. The van der Waals surface area contributed by atoms with E-state index in [9.17, 15) is 9.90 Å². The smallest absolute Gasteiger partial charge is 0.254 e. The highest BCUT2D eigenvalue weighted by atomic mass is 35.5. The van der Waals surface area contributed by atoms with Crippen LogP contribution >= 0.6 is 23.2 Å². The van der Waals surface area contributed by atoms with E-state index in [2.05, 4.69) is 11.5 Å². The van der Waals surface area contributed by atoms with Crippen LogP contribution in [0, 0.1) is 13.8 Å². The molecule has 0 radical (unpaired) electrons. The average Bonchev–Trinajstić information content (AvgIpc) is 2.78. The number of carbonyl (C=O) groups excluding carboxylic acids is 1. The van der Waals surface area contributed by atoms with Gasteiger partial charge in [-0.25, -0.2) is 0 Å². The molecule has 1 aliphatic heterocycles. The Labute approximate surface area is 204 Å². The fourth-order valence-corrected chi connectivity index (χ4v) is 4.92. The molecule has 0 spiro atoms. The van der Waals surface area contributed by atoms with Gasteiger partial charge in [-0.05, 0) is 78.6 Å². The van der Waals surface area contributed by atoms with Gasteiger partial charge in [0.15, 0.2) is 0 Å². The van der Waals surface area contributed by atoms with Crippen molar-refractivity contribution in [1.82, 2.24) is 4.90 Å². The zero-order chi connectivity index (χ0) is 23.7. The summed E-state index contributed by atoms with van der Waals surface area (Å²) < 4.78 is 0. The van der Waals surface area contributed by atoms with Crippen molar-refractivity contribution >= 4 is 40.9 Å². The summed E-state index contributed by atoms with van der Waals surface area (Å²) in [6, 6.07) is 16.8. The molecule has 1 atom stereocenters. The third-order valence-electron chi connectivity index (χ3n) is 6.17. The number of rotatable bonds is 4. The van der Waals surface area contributed by atoms with Crippen LogP contribution < -0.4 is 4.90 Å². The van der Waals surface area contributed by atoms with Gasteiger partial charge in [0, 0.05) is 40.9 Å². The minimum atomic E-state index is -0.0717. The zero-order valence-corrected chi connectivity index (χ0v) is 20.2. The van der Waals surface area contributed by atoms with Gasteiger partial charge in [-0.2, -0.15) is 0 Å². The Morgan fingerprint density at radius 3 is 2.27 bits per heavy atom. The van der Waals surface area contributed by atoms with Crippen LogP contribution in [-0.2, 0) is 0 Å². The van der Waals surface area contributed by atoms with Gasteiger partial charge in [0.25, 0.3) is 5.91 Å². The quantitative estimate of drug-likeness (QED) is 0.453. The number of hydrogen-bond acceptors (Lipinski definition) is 3. The number of carbonyl (C=O) groups is 1. The Morgan fingerprint density at radius 1 is 1.00 bits per heavy atom. The van der Waals surface area contributed by atoms with E-state index in [1.807, 2.05) is 61.2 Å². The van der Waals surface area contributed by atoms with Crippen molar-refractivity contribution in [1.29, 1.82) is 0 Å². The monoisotopic (exact) mass is 480 g/mol. The third-order valence-corrected chi connectivity index (χ3v) is 6.66. The van der Waals surface area contributed by atoms with Crippen LogP contribution in [0.25, 0.3) is 6.08 Å². The fraction of sp³-hybridized carbons (Fsp3) is 0.222. The van der Waals surface area contributed by atoms with Gasteiger partial charge in [-0.3, -0.25) is 4.79 Å². The van der Waals surface area contributed by atoms with E-state index in [-0.39, 0.29) is 17.7 Å². The van der Waals surface area contributed by atoms with E-state index in [4.69, 9.17) is 23.2 Å². The first-order chi connectivity index (χ1) is 15.8. The van der Waals surface area contributed by atoms with Crippen LogP contribution in [0.1, 0.15) is 38.7 Å². The van der Waals surface area contributed by atoms with Crippen molar-refractivity contribution in [3.63, 3.8) is 0 Å². The largest absolute Gasteiger partial charge is 0.508 e. The SMILES string of the molecule is C=Cc1cc(Cl)ccc1N1CCN(C(=O)c2c(C)cc(O)cc2C)CC1c1ccc(Cl)cc1. The second kappa shape index (κ2) is 9.50. The van der Waals surface area contributed by atoms with E-state index >= 15 is 0 Å². The zero-order valence-electron chi connectivity index (χ0n) is 18.7. The molecule has 4 nitrogen and oxygen atoms in total. The van der Waals surface area contributed by atoms with Crippen LogP contribution in [0.15, 0.2) is 61.2 Å². The second-order valence-corrected chi connectivity index (χ2v) is 9.25. The summed E-state index contributed by atoms with van der Waals surface area (Å²) in [5, 5.41) is 11.2. The number of phenols is 1. The highest BCUT2D eigenvalue weighted by molar-refractivity contribution is 6.31.